The van der Waals surface area contributed by atoms with Crippen molar-refractivity contribution in [2.75, 3.05) is 13.1 Å². The summed E-state index contributed by atoms with van der Waals surface area (Å²) >= 11 is 0. The van der Waals surface area contributed by atoms with Crippen LogP contribution in [0, 0.1) is 5.92 Å². The number of hydrogen-bond donors (Lipinski definition) is 1. The van der Waals surface area contributed by atoms with Crippen LogP contribution >= 0.6 is 0 Å². The van der Waals surface area contributed by atoms with Crippen molar-refractivity contribution >= 4 is 0 Å². The Bertz CT molecular complexity index is 784. The number of hydrogen-bond acceptors (Lipinski definition) is 4. The van der Waals surface area contributed by atoms with Crippen molar-refractivity contribution in [3.05, 3.63) is 35.2 Å². The number of rotatable bonds is 3. The molecule has 4 nitrogen and oxygen atoms in total. The molecule has 4 rings (SSSR count). The van der Waals surface area contributed by atoms with Crippen molar-refractivity contribution in [3.8, 4) is 11.5 Å². The van der Waals surface area contributed by atoms with Crippen LogP contribution in [0.15, 0.2) is 22.7 Å². The number of nitrogens with zero attached hydrogens (tertiary/aromatic N) is 2. The lowest BCUT2D eigenvalue weighted by Gasteiger charge is -2.41. The molecule has 1 saturated heterocycles. The Morgan fingerprint density at radius 3 is 2.46 bits per heavy atom. The predicted molar refractivity (Wildman–Crippen MR) is 104 cm³/mol. The molecule has 0 amide bonds. The zero-order valence-corrected chi connectivity index (χ0v) is 16.6. The highest BCUT2D eigenvalue weighted by Gasteiger charge is 2.37. The minimum Gasteiger partial charge on any atom is -0.334 e. The van der Waals surface area contributed by atoms with Crippen LogP contribution in [0.4, 0.5) is 0 Å². The summed E-state index contributed by atoms with van der Waals surface area (Å²) < 4.78 is 5.63. The molecule has 2 aliphatic rings. The van der Waals surface area contributed by atoms with Gasteiger partial charge in [-0.05, 0) is 78.8 Å². The quantitative estimate of drug-likeness (QED) is 0.874. The highest BCUT2D eigenvalue weighted by molar-refractivity contribution is 5.58. The third-order valence-electron chi connectivity index (χ3n) is 6.50. The molecule has 2 aromatic rings. The van der Waals surface area contributed by atoms with Crippen LogP contribution in [-0.2, 0) is 17.3 Å². The second kappa shape index (κ2) is 6.49. The lowest BCUT2D eigenvalue weighted by molar-refractivity contribution is 0.332. The molecule has 1 aromatic carbocycles. The molecule has 0 bridgehead atoms. The van der Waals surface area contributed by atoms with Crippen LogP contribution in [0.1, 0.15) is 70.3 Å². The maximum absolute atomic E-state index is 5.63. The first kappa shape index (κ1) is 17.7. The molecule has 1 N–H and O–H groups in total. The summed E-state index contributed by atoms with van der Waals surface area (Å²) in [6.07, 6.45) is 5.77. The molecule has 1 aliphatic heterocycles. The minimum absolute atomic E-state index is 0.193. The van der Waals surface area contributed by atoms with E-state index in [-0.39, 0.29) is 10.8 Å². The van der Waals surface area contributed by atoms with Gasteiger partial charge in [0.1, 0.15) is 0 Å². The van der Waals surface area contributed by atoms with Crippen LogP contribution < -0.4 is 5.32 Å². The Labute approximate surface area is 156 Å². The molecule has 2 heterocycles. The van der Waals surface area contributed by atoms with Crippen LogP contribution in [-0.4, -0.2) is 23.2 Å². The van der Waals surface area contributed by atoms with Crippen LogP contribution in [0.2, 0.25) is 0 Å². The summed E-state index contributed by atoms with van der Waals surface area (Å²) in [5.74, 6) is 2.19. The fourth-order valence-electron chi connectivity index (χ4n) is 4.52. The molecule has 1 fully saturated rings. The van der Waals surface area contributed by atoms with E-state index in [9.17, 15) is 0 Å². The van der Waals surface area contributed by atoms with Gasteiger partial charge >= 0.3 is 0 Å². The fraction of sp³-hybridized carbons (Fsp3) is 0.636. The van der Waals surface area contributed by atoms with Crippen molar-refractivity contribution in [2.24, 2.45) is 5.92 Å². The number of aromatic nitrogens is 2. The molecule has 4 heteroatoms. The van der Waals surface area contributed by atoms with Crippen LogP contribution in [0.5, 0.6) is 0 Å². The van der Waals surface area contributed by atoms with Crippen molar-refractivity contribution in [1.82, 2.24) is 15.5 Å². The maximum Gasteiger partial charge on any atom is 0.257 e. The van der Waals surface area contributed by atoms with E-state index in [1.54, 1.807) is 0 Å². The van der Waals surface area contributed by atoms with Gasteiger partial charge in [-0.1, -0.05) is 38.9 Å². The Kier molecular flexibility index (Phi) is 4.42. The van der Waals surface area contributed by atoms with E-state index in [2.05, 4.69) is 56.4 Å². The summed E-state index contributed by atoms with van der Waals surface area (Å²) in [4.78, 5) is 4.71. The average molecular weight is 354 g/mol. The zero-order chi connectivity index (χ0) is 18.4. The van der Waals surface area contributed by atoms with Gasteiger partial charge in [-0.25, -0.2) is 0 Å². The van der Waals surface area contributed by atoms with E-state index >= 15 is 0 Å². The average Bonchev–Trinajstić information content (AvgIpc) is 3.08. The molecular formula is C22H31N3O. The van der Waals surface area contributed by atoms with Crippen molar-refractivity contribution in [1.29, 1.82) is 0 Å². The first-order chi connectivity index (χ1) is 12.4. The van der Waals surface area contributed by atoms with Crippen molar-refractivity contribution < 1.29 is 4.52 Å². The minimum atomic E-state index is 0.193. The van der Waals surface area contributed by atoms with E-state index in [0.717, 1.165) is 30.9 Å². The second-order valence-electron chi connectivity index (χ2n) is 9.44. The molecule has 1 aromatic heterocycles. The SMILES string of the molecule is CC1(C)CCC(C)(C)c2cc(-c3nc(CC4CCNCC4)no3)ccc21. The standard InChI is InChI=1S/C22H31N3O/c1-21(2)9-10-22(3,4)18-14-16(5-6-17(18)21)20-24-19(25-26-20)13-15-7-11-23-12-8-15/h5-6,14-15,23H,7-13H2,1-4H3. The Morgan fingerprint density at radius 2 is 1.73 bits per heavy atom. The van der Waals surface area contributed by atoms with Gasteiger partial charge in [0.2, 0.25) is 0 Å². The summed E-state index contributed by atoms with van der Waals surface area (Å²) in [5, 5.41) is 7.67. The summed E-state index contributed by atoms with van der Waals surface area (Å²) in [5.41, 5.74) is 4.38. The smallest absolute Gasteiger partial charge is 0.257 e. The number of nitrogens with one attached hydrogen (secondary N) is 1. The van der Waals surface area contributed by atoms with Gasteiger partial charge in [-0.3, -0.25) is 0 Å². The van der Waals surface area contributed by atoms with E-state index in [0.29, 0.717) is 11.8 Å². The van der Waals surface area contributed by atoms with Crippen molar-refractivity contribution in [2.45, 2.75) is 70.6 Å². The van der Waals surface area contributed by atoms with Crippen LogP contribution in [0.25, 0.3) is 11.5 Å². The number of benzene rings is 1. The molecule has 0 atom stereocenters. The van der Waals surface area contributed by atoms with E-state index in [1.165, 1.54) is 36.8 Å². The molecule has 1 aliphatic carbocycles. The highest BCUT2D eigenvalue weighted by atomic mass is 16.5. The van der Waals surface area contributed by atoms with Gasteiger partial charge in [-0.15, -0.1) is 0 Å². The van der Waals surface area contributed by atoms with Gasteiger partial charge in [0, 0.05) is 12.0 Å². The van der Waals surface area contributed by atoms with E-state index in [1.807, 2.05) is 0 Å². The molecule has 140 valence electrons. The van der Waals surface area contributed by atoms with Gasteiger partial charge in [0.25, 0.3) is 5.89 Å². The van der Waals surface area contributed by atoms with Gasteiger partial charge in [-0.2, -0.15) is 4.98 Å². The molecule has 0 unspecified atom stereocenters. The summed E-state index contributed by atoms with van der Waals surface area (Å²) in [6, 6.07) is 6.73. The molecule has 0 saturated carbocycles. The third kappa shape index (κ3) is 3.32. The Morgan fingerprint density at radius 1 is 1.04 bits per heavy atom. The first-order valence-corrected chi connectivity index (χ1v) is 10.0. The first-order valence-electron chi connectivity index (χ1n) is 10.0. The normalized spacial score (nSPS) is 22.2. The Hall–Kier alpha value is -1.68. The van der Waals surface area contributed by atoms with Gasteiger partial charge < -0.3 is 9.84 Å². The monoisotopic (exact) mass is 353 g/mol. The molecule has 0 spiro atoms. The Balaban J connectivity index is 1.61. The topological polar surface area (TPSA) is 51.0 Å². The van der Waals surface area contributed by atoms with Crippen molar-refractivity contribution in [3.63, 3.8) is 0 Å². The molecular weight excluding hydrogens is 322 g/mol. The summed E-state index contributed by atoms with van der Waals surface area (Å²) in [6.45, 7) is 11.6. The lowest BCUT2D eigenvalue weighted by Crippen LogP contribution is -2.33. The number of fused-ring (bicyclic) bond motifs is 1. The van der Waals surface area contributed by atoms with Gasteiger partial charge in [0.05, 0.1) is 0 Å². The predicted octanol–water partition coefficient (Wildman–Crippen LogP) is 4.63. The highest BCUT2D eigenvalue weighted by Crippen LogP contribution is 2.46. The largest absolute Gasteiger partial charge is 0.334 e. The third-order valence-corrected chi connectivity index (χ3v) is 6.50. The van der Waals surface area contributed by atoms with Crippen LogP contribution in [0.3, 0.4) is 0 Å². The zero-order valence-electron chi connectivity index (χ0n) is 16.6. The molecule has 26 heavy (non-hydrogen) atoms. The summed E-state index contributed by atoms with van der Waals surface area (Å²) in [7, 11) is 0. The lowest BCUT2D eigenvalue weighted by atomic mass is 9.63. The number of piperidine rings is 1. The maximum atomic E-state index is 5.63. The van der Waals surface area contributed by atoms with Gasteiger partial charge in [0.15, 0.2) is 5.82 Å². The fourth-order valence-corrected chi connectivity index (χ4v) is 4.52. The van der Waals surface area contributed by atoms with E-state index in [4.69, 9.17) is 9.51 Å². The molecule has 0 radical (unpaired) electrons. The van der Waals surface area contributed by atoms with E-state index < -0.39 is 0 Å². The second-order valence-corrected chi connectivity index (χ2v) is 9.44.